The van der Waals surface area contributed by atoms with E-state index in [9.17, 15) is 0 Å². The first kappa shape index (κ1) is 15.2. The molecule has 1 aromatic carbocycles. The van der Waals surface area contributed by atoms with Crippen LogP contribution in [0.25, 0.3) is 5.57 Å². The summed E-state index contributed by atoms with van der Waals surface area (Å²) in [5.74, 6) is 1.94. The summed E-state index contributed by atoms with van der Waals surface area (Å²) in [6.45, 7) is 1.97. The molecule has 0 aliphatic carbocycles. The number of benzene rings is 1. The van der Waals surface area contributed by atoms with Crippen LogP contribution in [0.2, 0.25) is 0 Å². The lowest BCUT2D eigenvalue weighted by Gasteiger charge is -2.15. The van der Waals surface area contributed by atoms with E-state index in [1.165, 1.54) is 0 Å². The molecule has 1 heterocycles. The number of likely N-dealkylation sites (N-methyl/N-ethyl adjacent to an activating group) is 2. The summed E-state index contributed by atoms with van der Waals surface area (Å²) >= 11 is 0. The summed E-state index contributed by atoms with van der Waals surface area (Å²) in [5.41, 5.74) is 2.14. The molecule has 0 saturated heterocycles. The second-order valence-corrected chi connectivity index (χ2v) is 5.09. The monoisotopic (exact) mass is 291 g/mol. The molecule has 0 fully saturated rings. The quantitative estimate of drug-likeness (QED) is 0.791. The lowest BCUT2D eigenvalue weighted by atomic mass is 10.1. The minimum Gasteiger partial charge on any atom is -0.493 e. The Bertz CT molecular complexity index is 554. The summed E-state index contributed by atoms with van der Waals surface area (Å²) in [5, 5.41) is 0. The summed E-state index contributed by atoms with van der Waals surface area (Å²) in [6, 6.07) is 3.94. The van der Waals surface area contributed by atoms with E-state index in [4.69, 9.17) is 14.2 Å². The molecule has 0 radical (unpaired) electrons. The average Bonchev–Trinajstić information content (AvgIpc) is 2.67. The van der Waals surface area contributed by atoms with Gasteiger partial charge in [0.05, 0.1) is 33.4 Å². The Balaban J connectivity index is 2.55. The molecule has 1 aliphatic rings. The van der Waals surface area contributed by atoms with E-state index in [0.29, 0.717) is 17.2 Å². The van der Waals surface area contributed by atoms with Crippen molar-refractivity contribution in [2.24, 2.45) is 0 Å². The maximum absolute atomic E-state index is 5.42. The number of allylic oxidation sites excluding steroid dienone is 1. The number of nitrogens with zero attached hydrogens (tertiary/aromatic N) is 2. The summed E-state index contributed by atoms with van der Waals surface area (Å²) in [7, 11) is 9.02. The van der Waals surface area contributed by atoms with Gasteiger partial charge in [0.1, 0.15) is 7.05 Å². The zero-order chi connectivity index (χ0) is 15.4. The molecular formula is C16H23N2O3+. The Labute approximate surface area is 126 Å². The largest absolute Gasteiger partial charge is 0.493 e. The maximum atomic E-state index is 5.42. The number of rotatable bonds is 4. The molecule has 1 aromatic rings. The molecule has 0 spiro atoms. The SMILES string of the molecule is COc1cc(C2=CN(C)CC[N+](C)=C2)cc(OC)c1OC. The molecule has 2 rings (SSSR count). The van der Waals surface area contributed by atoms with Crippen LogP contribution in [0.3, 0.4) is 0 Å². The van der Waals surface area contributed by atoms with Crippen molar-refractivity contribution in [3.63, 3.8) is 0 Å². The summed E-state index contributed by atoms with van der Waals surface area (Å²) in [4.78, 5) is 2.18. The molecule has 0 atom stereocenters. The van der Waals surface area contributed by atoms with Crippen LogP contribution in [0.1, 0.15) is 5.56 Å². The van der Waals surface area contributed by atoms with Crippen molar-refractivity contribution in [3.8, 4) is 17.2 Å². The molecule has 0 N–H and O–H groups in total. The standard InChI is InChI=1S/C16H23N2O3/c1-17-6-7-18(2)11-13(10-17)12-8-14(19-3)16(21-5)15(9-12)20-4/h8-11H,6-7H2,1-5H3/q+1. The zero-order valence-corrected chi connectivity index (χ0v) is 13.3. The van der Waals surface area contributed by atoms with E-state index in [-0.39, 0.29) is 0 Å². The van der Waals surface area contributed by atoms with Gasteiger partial charge in [0.15, 0.2) is 24.3 Å². The van der Waals surface area contributed by atoms with Crippen LogP contribution in [-0.2, 0) is 0 Å². The van der Waals surface area contributed by atoms with Crippen molar-refractivity contribution >= 4 is 11.8 Å². The fourth-order valence-corrected chi connectivity index (χ4v) is 2.35. The molecule has 0 saturated carbocycles. The first-order valence-electron chi connectivity index (χ1n) is 6.86. The summed E-state index contributed by atoms with van der Waals surface area (Å²) < 4.78 is 18.4. The van der Waals surface area contributed by atoms with Gasteiger partial charge in [-0.25, -0.2) is 4.58 Å². The molecule has 1 aliphatic heterocycles. The molecule has 0 aromatic heterocycles. The van der Waals surface area contributed by atoms with Gasteiger partial charge >= 0.3 is 0 Å². The van der Waals surface area contributed by atoms with Crippen molar-refractivity contribution in [2.45, 2.75) is 0 Å². The highest BCUT2D eigenvalue weighted by Gasteiger charge is 2.17. The van der Waals surface area contributed by atoms with E-state index in [1.54, 1.807) is 21.3 Å². The van der Waals surface area contributed by atoms with Crippen molar-refractivity contribution in [1.29, 1.82) is 0 Å². The first-order chi connectivity index (χ1) is 10.1. The van der Waals surface area contributed by atoms with Gasteiger partial charge in [0.25, 0.3) is 0 Å². The second-order valence-electron chi connectivity index (χ2n) is 5.09. The van der Waals surface area contributed by atoms with E-state index in [0.717, 1.165) is 24.2 Å². The number of ether oxygens (including phenoxy) is 3. The van der Waals surface area contributed by atoms with E-state index in [1.807, 2.05) is 12.1 Å². The molecule has 0 bridgehead atoms. The fourth-order valence-electron chi connectivity index (χ4n) is 2.35. The van der Waals surface area contributed by atoms with Crippen molar-refractivity contribution < 1.29 is 18.8 Å². The van der Waals surface area contributed by atoms with Gasteiger partial charge in [-0.05, 0) is 17.7 Å². The van der Waals surface area contributed by atoms with Gasteiger partial charge < -0.3 is 19.1 Å². The number of methoxy groups -OCH3 is 3. The van der Waals surface area contributed by atoms with Crippen molar-refractivity contribution in [3.05, 3.63) is 23.9 Å². The molecule has 0 amide bonds. The van der Waals surface area contributed by atoms with E-state index >= 15 is 0 Å². The Kier molecular flexibility index (Phi) is 4.73. The van der Waals surface area contributed by atoms with Crippen LogP contribution in [0.4, 0.5) is 0 Å². The van der Waals surface area contributed by atoms with Crippen LogP contribution in [0, 0.1) is 0 Å². The van der Waals surface area contributed by atoms with Crippen LogP contribution in [-0.4, -0.2) is 64.2 Å². The first-order valence-corrected chi connectivity index (χ1v) is 6.86. The molecule has 114 valence electrons. The predicted octanol–water partition coefficient (Wildman–Crippen LogP) is 1.71. The third-order valence-electron chi connectivity index (χ3n) is 3.52. The van der Waals surface area contributed by atoms with E-state index < -0.39 is 0 Å². The summed E-state index contributed by atoms with van der Waals surface area (Å²) in [6.07, 6.45) is 4.26. The van der Waals surface area contributed by atoms with Gasteiger partial charge in [-0.2, -0.15) is 0 Å². The van der Waals surface area contributed by atoms with Gasteiger partial charge in [-0.1, -0.05) is 0 Å². The maximum Gasteiger partial charge on any atom is 0.203 e. The van der Waals surface area contributed by atoms with Crippen molar-refractivity contribution in [1.82, 2.24) is 4.90 Å². The van der Waals surface area contributed by atoms with Crippen LogP contribution >= 0.6 is 0 Å². The zero-order valence-electron chi connectivity index (χ0n) is 13.3. The van der Waals surface area contributed by atoms with Gasteiger partial charge in [0.2, 0.25) is 5.75 Å². The lowest BCUT2D eigenvalue weighted by Crippen LogP contribution is -2.19. The van der Waals surface area contributed by atoms with Crippen LogP contribution in [0.5, 0.6) is 17.2 Å². The predicted molar refractivity (Wildman–Crippen MR) is 83.8 cm³/mol. The number of hydrogen-bond donors (Lipinski definition) is 0. The Morgan fingerprint density at radius 1 is 1.05 bits per heavy atom. The third kappa shape index (κ3) is 3.29. The molecular weight excluding hydrogens is 268 g/mol. The smallest absolute Gasteiger partial charge is 0.203 e. The highest BCUT2D eigenvalue weighted by atomic mass is 16.5. The third-order valence-corrected chi connectivity index (χ3v) is 3.52. The Morgan fingerprint density at radius 2 is 1.67 bits per heavy atom. The minimum absolute atomic E-state index is 0.611. The highest BCUT2D eigenvalue weighted by Crippen LogP contribution is 2.39. The number of hydrogen-bond acceptors (Lipinski definition) is 4. The minimum atomic E-state index is 0.611. The van der Waals surface area contributed by atoms with E-state index in [2.05, 4.69) is 36.0 Å². The van der Waals surface area contributed by atoms with Gasteiger partial charge in [0, 0.05) is 13.2 Å². The van der Waals surface area contributed by atoms with Gasteiger partial charge in [-0.3, -0.25) is 0 Å². The molecule has 0 unspecified atom stereocenters. The second kappa shape index (κ2) is 6.52. The Morgan fingerprint density at radius 3 is 2.19 bits per heavy atom. The fraction of sp³-hybridized carbons (Fsp3) is 0.438. The van der Waals surface area contributed by atoms with Crippen LogP contribution in [0.15, 0.2) is 18.3 Å². The van der Waals surface area contributed by atoms with Crippen LogP contribution < -0.4 is 14.2 Å². The normalized spacial score (nSPS) is 15.0. The average molecular weight is 291 g/mol. The molecule has 5 nitrogen and oxygen atoms in total. The van der Waals surface area contributed by atoms with Gasteiger partial charge in [-0.15, -0.1) is 0 Å². The lowest BCUT2D eigenvalue weighted by molar-refractivity contribution is -0.490. The molecule has 5 heteroatoms. The molecule has 21 heavy (non-hydrogen) atoms. The van der Waals surface area contributed by atoms with Crippen molar-refractivity contribution in [2.75, 3.05) is 48.5 Å². The highest BCUT2D eigenvalue weighted by molar-refractivity contribution is 6.07. The Hall–Kier alpha value is -2.17. The topological polar surface area (TPSA) is 33.9 Å².